The summed E-state index contributed by atoms with van der Waals surface area (Å²) in [4.78, 5) is 11.3. The normalized spacial score (nSPS) is 17.9. The molecular formula is C16H30N6. The van der Waals surface area contributed by atoms with Gasteiger partial charge in [0.2, 0.25) is 0 Å². The van der Waals surface area contributed by atoms with E-state index in [9.17, 15) is 0 Å². The zero-order valence-corrected chi connectivity index (χ0v) is 14.1. The highest BCUT2D eigenvalue weighted by atomic mass is 15.2. The second kappa shape index (κ2) is 8.78. The molecule has 0 atom stereocenters. The summed E-state index contributed by atoms with van der Waals surface area (Å²) in [7, 11) is 0. The predicted molar refractivity (Wildman–Crippen MR) is 91.1 cm³/mol. The minimum atomic E-state index is 0.529. The van der Waals surface area contributed by atoms with E-state index >= 15 is 0 Å². The largest absolute Gasteiger partial charge is 0.357 e. The van der Waals surface area contributed by atoms with Crippen LogP contribution in [0.5, 0.6) is 0 Å². The summed E-state index contributed by atoms with van der Waals surface area (Å²) in [5, 5.41) is 6.93. The molecule has 124 valence electrons. The number of guanidine groups is 1. The maximum Gasteiger partial charge on any atom is 0.191 e. The maximum atomic E-state index is 4.67. The van der Waals surface area contributed by atoms with Crippen LogP contribution in [0.4, 0.5) is 0 Å². The van der Waals surface area contributed by atoms with E-state index in [0.29, 0.717) is 12.1 Å². The average Bonchev–Trinajstić information content (AvgIpc) is 3.01. The molecule has 2 N–H and O–H groups in total. The van der Waals surface area contributed by atoms with Crippen LogP contribution in [0.3, 0.4) is 0 Å². The lowest BCUT2D eigenvalue weighted by Gasteiger charge is -2.35. The van der Waals surface area contributed by atoms with Gasteiger partial charge in [0.15, 0.2) is 5.96 Å². The van der Waals surface area contributed by atoms with Crippen LogP contribution in [0.25, 0.3) is 0 Å². The zero-order chi connectivity index (χ0) is 15.8. The molecule has 6 heteroatoms. The predicted octanol–water partition coefficient (Wildman–Crippen LogP) is 1.31. The summed E-state index contributed by atoms with van der Waals surface area (Å²) in [5.74, 6) is 0.936. The van der Waals surface area contributed by atoms with E-state index in [1.54, 1.807) is 6.20 Å². The van der Waals surface area contributed by atoms with E-state index in [0.717, 1.165) is 25.6 Å². The molecule has 1 saturated heterocycles. The Kier molecular flexibility index (Phi) is 6.71. The second-order valence-electron chi connectivity index (χ2n) is 6.11. The van der Waals surface area contributed by atoms with Crippen LogP contribution >= 0.6 is 0 Å². The molecule has 6 nitrogen and oxygen atoms in total. The highest BCUT2D eigenvalue weighted by molar-refractivity contribution is 5.80. The number of imidazole rings is 1. The van der Waals surface area contributed by atoms with Gasteiger partial charge < -0.3 is 20.1 Å². The van der Waals surface area contributed by atoms with Gasteiger partial charge in [-0.3, -0.25) is 4.99 Å². The fourth-order valence-corrected chi connectivity index (χ4v) is 2.77. The molecule has 1 aromatic heterocycles. The number of nitrogens with one attached hydrogen (secondary N) is 2. The third-order valence-electron chi connectivity index (χ3n) is 4.13. The first-order valence-electron chi connectivity index (χ1n) is 8.43. The van der Waals surface area contributed by atoms with Crippen molar-refractivity contribution in [1.29, 1.82) is 0 Å². The Morgan fingerprint density at radius 1 is 1.36 bits per heavy atom. The fraction of sp³-hybridized carbons (Fsp3) is 0.750. The van der Waals surface area contributed by atoms with Gasteiger partial charge in [0.25, 0.3) is 0 Å². The Hall–Kier alpha value is -1.56. The molecule has 0 amide bonds. The molecule has 0 unspecified atom stereocenters. The summed E-state index contributed by atoms with van der Waals surface area (Å²) >= 11 is 0. The third kappa shape index (κ3) is 5.33. The van der Waals surface area contributed by atoms with Crippen molar-refractivity contribution in [3.05, 3.63) is 18.7 Å². The van der Waals surface area contributed by atoms with Gasteiger partial charge in [0, 0.05) is 50.7 Å². The minimum absolute atomic E-state index is 0.529. The van der Waals surface area contributed by atoms with Crippen LogP contribution in [-0.2, 0) is 6.54 Å². The van der Waals surface area contributed by atoms with Crippen LogP contribution in [0.15, 0.2) is 23.7 Å². The first-order valence-corrected chi connectivity index (χ1v) is 8.43. The molecule has 0 saturated carbocycles. The van der Waals surface area contributed by atoms with Gasteiger partial charge in [0.1, 0.15) is 0 Å². The number of aromatic nitrogens is 2. The topological polar surface area (TPSA) is 57.5 Å². The van der Waals surface area contributed by atoms with Crippen molar-refractivity contribution in [3.8, 4) is 0 Å². The van der Waals surface area contributed by atoms with E-state index in [-0.39, 0.29) is 0 Å². The smallest absolute Gasteiger partial charge is 0.191 e. The van der Waals surface area contributed by atoms with Crippen molar-refractivity contribution in [1.82, 2.24) is 25.1 Å². The Labute approximate surface area is 134 Å². The molecule has 0 bridgehead atoms. The molecule has 0 radical (unpaired) electrons. The number of hydrogen-bond acceptors (Lipinski definition) is 3. The van der Waals surface area contributed by atoms with Crippen LogP contribution < -0.4 is 10.6 Å². The lowest BCUT2D eigenvalue weighted by Crippen LogP contribution is -2.49. The van der Waals surface area contributed by atoms with E-state index in [1.807, 2.05) is 17.1 Å². The first-order chi connectivity index (χ1) is 10.7. The average molecular weight is 306 g/mol. The summed E-state index contributed by atoms with van der Waals surface area (Å²) in [5.41, 5.74) is 0. The highest BCUT2D eigenvalue weighted by Crippen LogP contribution is 2.12. The minimum Gasteiger partial charge on any atom is -0.357 e. The van der Waals surface area contributed by atoms with Crippen LogP contribution in [0.2, 0.25) is 0 Å². The quantitative estimate of drug-likeness (QED) is 0.615. The Morgan fingerprint density at radius 3 is 2.73 bits per heavy atom. The van der Waals surface area contributed by atoms with Gasteiger partial charge >= 0.3 is 0 Å². The molecule has 0 aliphatic carbocycles. The lowest BCUT2D eigenvalue weighted by atomic mass is 10.0. The molecule has 2 rings (SSSR count). The molecule has 1 aromatic rings. The van der Waals surface area contributed by atoms with Crippen molar-refractivity contribution < 1.29 is 0 Å². The van der Waals surface area contributed by atoms with Gasteiger partial charge in [-0.1, -0.05) is 0 Å². The third-order valence-corrected chi connectivity index (χ3v) is 4.13. The first kappa shape index (κ1) is 16.8. The molecule has 1 aliphatic heterocycles. The summed E-state index contributed by atoms with van der Waals surface area (Å²) in [6.45, 7) is 11.5. The molecule has 2 heterocycles. The number of hydrogen-bond donors (Lipinski definition) is 2. The van der Waals surface area contributed by atoms with Crippen LogP contribution in [0, 0.1) is 0 Å². The monoisotopic (exact) mass is 306 g/mol. The van der Waals surface area contributed by atoms with Gasteiger partial charge in [-0.2, -0.15) is 0 Å². The molecule has 1 fully saturated rings. The number of nitrogens with zero attached hydrogens (tertiary/aromatic N) is 4. The molecule has 0 aromatic carbocycles. The van der Waals surface area contributed by atoms with E-state index in [2.05, 4.69) is 46.3 Å². The maximum absolute atomic E-state index is 4.67. The highest BCUT2D eigenvalue weighted by Gasteiger charge is 2.21. The van der Waals surface area contributed by atoms with Crippen molar-refractivity contribution in [2.24, 2.45) is 4.99 Å². The summed E-state index contributed by atoms with van der Waals surface area (Å²) < 4.78 is 2.05. The van der Waals surface area contributed by atoms with Crippen molar-refractivity contribution in [2.45, 2.75) is 52.2 Å². The molecular weight excluding hydrogens is 276 g/mol. The van der Waals surface area contributed by atoms with Crippen molar-refractivity contribution in [3.63, 3.8) is 0 Å². The zero-order valence-electron chi connectivity index (χ0n) is 14.1. The van der Waals surface area contributed by atoms with Crippen LogP contribution in [0.1, 0.15) is 33.6 Å². The van der Waals surface area contributed by atoms with E-state index in [4.69, 9.17) is 0 Å². The van der Waals surface area contributed by atoms with Crippen molar-refractivity contribution >= 4 is 5.96 Å². The number of likely N-dealkylation sites (tertiary alicyclic amines) is 1. The fourth-order valence-electron chi connectivity index (χ4n) is 2.77. The summed E-state index contributed by atoms with van der Waals surface area (Å²) in [6, 6.07) is 1.18. The SMILES string of the molecule is CCNC(=NCCn1ccnc1)NC1CCN(C(C)C)CC1. The van der Waals surface area contributed by atoms with Gasteiger partial charge in [0.05, 0.1) is 12.9 Å². The van der Waals surface area contributed by atoms with Gasteiger partial charge in [-0.15, -0.1) is 0 Å². The Bertz CT molecular complexity index is 431. The van der Waals surface area contributed by atoms with Crippen LogP contribution in [-0.4, -0.2) is 58.7 Å². The summed E-state index contributed by atoms with van der Waals surface area (Å²) in [6.07, 6.45) is 7.97. The number of aliphatic imine (C=N–C) groups is 1. The Morgan fingerprint density at radius 2 is 2.14 bits per heavy atom. The van der Waals surface area contributed by atoms with Crippen molar-refractivity contribution in [2.75, 3.05) is 26.2 Å². The van der Waals surface area contributed by atoms with Gasteiger partial charge in [-0.25, -0.2) is 4.98 Å². The molecule has 1 aliphatic rings. The number of rotatable bonds is 6. The second-order valence-corrected chi connectivity index (χ2v) is 6.11. The molecule has 22 heavy (non-hydrogen) atoms. The Balaban J connectivity index is 1.78. The standard InChI is InChI=1S/C16H30N6/c1-4-18-16(19-8-12-21-11-7-17-13-21)20-15-5-9-22(10-6-15)14(2)3/h7,11,13-15H,4-6,8-10,12H2,1-3H3,(H2,18,19,20). The van der Waals surface area contributed by atoms with E-state index in [1.165, 1.54) is 25.9 Å². The lowest BCUT2D eigenvalue weighted by molar-refractivity contribution is 0.167. The van der Waals surface area contributed by atoms with E-state index < -0.39 is 0 Å². The number of piperidine rings is 1. The molecule has 0 spiro atoms. The van der Waals surface area contributed by atoms with Gasteiger partial charge in [-0.05, 0) is 33.6 Å².